The molecule has 2 heteroatoms. The van der Waals surface area contributed by atoms with E-state index in [9.17, 15) is 5.21 Å². The molecule has 0 saturated heterocycles. The van der Waals surface area contributed by atoms with E-state index in [2.05, 4.69) is 6.72 Å². The first-order valence-electron chi connectivity index (χ1n) is 3.58. The van der Waals surface area contributed by atoms with Crippen LogP contribution in [0.4, 0.5) is 0 Å². The van der Waals surface area contributed by atoms with Crippen LogP contribution in [0, 0.1) is 5.21 Å². The molecule has 1 aromatic rings. The number of benzene rings is 1. The zero-order valence-electron chi connectivity index (χ0n) is 6.36. The Morgan fingerprint density at radius 1 is 1.27 bits per heavy atom. The van der Waals surface area contributed by atoms with E-state index < -0.39 is 0 Å². The summed E-state index contributed by atoms with van der Waals surface area (Å²) in [4.78, 5) is 0. The van der Waals surface area contributed by atoms with E-state index in [1.54, 1.807) is 0 Å². The van der Waals surface area contributed by atoms with Gasteiger partial charge in [0.1, 0.15) is 6.72 Å². The lowest BCUT2D eigenvalue weighted by Crippen LogP contribution is -2.04. The molecule has 0 heterocycles. The van der Waals surface area contributed by atoms with Crippen LogP contribution in [0.2, 0.25) is 0 Å². The number of rotatable bonds is 3. The smallest absolute Gasteiger partial charge is 0.156 e. The van der Waals surface area contributed by atoms with E-state index in [0.29, 0.717) is 11.3 Å². The topological polar surface area (TPSA) is 26.1 Å². The van der Waals surface area contributed by atoms with Crippen molar-refractivity contribution >= 4 is 6.72 Å². The van der Waals surface area contributed by atoms with E-state index in [1.165, 1.54) is 5.56 Å². The third-order valence-corrected chi connectivity index (χ3v) is 1.49. The summed E-state index contributed by atoms with van der Waals surface area (Å²) in [5, 5.41) is 10.4. The van der Waals surface area contributed by atoms with Gasteiger partial charge in [-0.1, -0.05) is 30.3 Å². The van der Waals surface area contributed by atoms with Crippen molar-refractivity contribution in [2.45, 2.75) is 6.42 Å². The second-order valence-corrected chi connectivity index (χ2v) is 2.44. The maximum Gasteiger partial charge on any atom is 0.156 e. The molecule has 0 aliphatic carbocycles. The van der Waals surface area contributed by atoms with Crippen LogP contribution < -0.4 is 0 Å². The molecular formula is C9H11NO. The first kappa shape index (κ1) is 7.79. The van der Waals surface area contributed by atoms with Crippen molar-refractivity contribution in [1.29, 1.82) is 0 Å². The number of hydrogen-bond donors (Lipinski definition) is 0. The van der Waals surface area contributed by atoms with Gasteiger partial charge in [-0.3, -0.25) is 0 Å². The average molecular weight is 149 g/mol. The Hall–Kier alpha value is -1.31. The molecule has 0 saturated carbocycles. The van der Waals surface area contributed by atoms with Gasteiger partial charge < -0.3 is 5.21 Å². The Morgan fingerprint density at radius 2 is 1.91 bits per heavy atom. The molecule has 2 nitrogen and oxygen atoms in total. The number of hydrogen-bond acceptors (Lipinski definition) is 1. The second kappa shape index (κ2) is 3.76. The fourth-order valence-electron chi connectivity index (χ4n) is 0.898. The van der Waals surface area contributed by atoms with Crippen LogP contribution in [-0.2, 0) is 6.42 Å². The zero-order chi connectivity index (χ0) is 8.10. The van der Waals surface area contributed by atoms with Gasteiger partial charge in [-0.2, -0.15) is 0 Å². The van der Waals surface area contributed by atoms with Crippen molar-refractivity contribution in [3.8, 4) is 0 Å². The highest BCUT2D eigenvalue weighted by Gasteiger charge is 1.92. The Morgan fingerprint density at radius 3 is 2.45 bits per heavy atom. The zero-order valence-corrected chi connectivity index (χ0v) is 6.36. The lowest BCUT2D eigenvalue weighted by Gasteiger charge is -2.00. The fraction of sp³-hybridized carbons (Fsp3) is 0.222. The van der Waals surface area contributed by atoms with Gasteiger partial charge in [0, 0.05) is 6.42 Å². The number of nitrogens with zero attached hydrogens (tertiary/aromatic N) is 1. The Labute approximate surface area is 66.4 Å². The summed E-state index contributed by atoms with van der Waals surface area (Å²) in [5.74, 6) is 0. The summed E-state index contributed by atoms with van der Waals surface area (Å²) < 4.78 is 0.701. The standard InChI is InChI=1S/C9H11NO/c1-10(11)8-7-9-5-3-2-4-6-9/h2-6H,1,7-8H2. The van der Waals surface area contributed by atoms with Gasteiger partial charge in [0.25, 0.3) is 0 Å². The van der Waals surface area contributed by atoms with Crippen LogP contribution in [0.3, 0.4) is 0 Å². The molecule has 0 fully saturated rings. The molecule has 0 spiro atoms. The van der Waals surface area contributed by atoms with Crippen LogP contribution in [0.5, 0.6) is 0 Å². The van der Waals surface area contributed by atoms with Gasteiger partial charge in [0.2, 0.25) is 0 Å². The fourth-order valence-corrected chi connectivity index (χ4v) is 0.898. The molecule has 58 valence electrons. The summed E-state index contributed by atoms with van der Waals surface area (Å²) >= 11 is 0. The van der Waals surface area contributed by atoms with E-state index in [0.717, 1.165) is 6.42 Å². The van der Waals surface area contributed by atoms with Crippen LogP contribution in [0.25, 0.3) is 0 Å². The Bertz CT molecular complexity index is 231. The van der Waals surface area contributed by atoms with Gasteiger partial charge >= 0.3 is 0 Å². The highest BCUT2D eigenvalue weighted by molar-refractivity contribution is 5.16. The molecule has 0 aliphatic heterocycles. The van der Waals surface area contributed by atoms with Crippen LogP contribution >= 0.6 is 0 Å². The summed E-state index contributed by atoms with van der Waals surface area (Å²) in [6.45, 7) is 3.69. The predicted octanol–water partition coefficient (Wildman–Crippen LogP) is 1.44. The van der Waals surface area contributed by atoms with Crippen LogP contribution in [0.1, 0.15) is 5.56 Å². The lowest BCUT2D eigenvalue weighted by molar-refractivity contribution is -0.447. The van der Waals surface area contributed by atoms with Gasteiger partial charge in [-0.05, 0) is 5.56 Å². The average Bonchev–Trinajstić information content (AvgIpc) is 2.03. The molecule has 0 aromatic heterocycles. The summed E-state index contributed by atoms with van der Waals surface area (Å²) in [7, 11) is 0. The van der Waals surface area contributed by atoms with Crippen molar-refractivity contribution in [3.63, 3.8) is 0 Å². The summed E-state index contributed by atoms with van der Waals surface area (Å²) in [6, 6.07) is 9.90. The first-order valence-corrected chi connectivity index (χ1v) is 3.58. The molecule has 0 radical (unpaired) electrons. The van der Waals surface area contributed by atoms with Crippen molar-refractivity contribution in [3.05, 3.63) is 41.1 Å². The molecule has 0 bridgehead atoms. The van der Waals surface area contributed by atoms with Crippen molar-refractivity contribution in [2.75, 3.05) is 6.54 Å². The van der Waals surface area contributed by atoms with E-state index in [4.69, 9.17) is 0 Å². The molecule has 0 aliphatic rings. The Balaban J connectivity index is 2.45. The van der Waals surface area contributed by atoms with Gasteiger partial charge in [0.15, 0.2) is 6.54 Å². The minimum absolute atomic E-state index is 0.462. The molecule has 0 N–H and O–H groups in total. The van der Waals surface area contributed by atoms with Crippen molar-refractivity contribution in [2.24, 2.45) is 0 Å². The third-order valence-electron chi connectivity index (χ3n) is 1.49. The summed E-state index contributed by atoms with van der Waals surface area (Å²) in [5.41, 5.74) is 1.18. The number of hydroxylamine groups is 1. The van der Waals surface area contributed by atoms with Gasteiger partial charge in [0.05, 0.1) is 0 Å². The Kier molecular flexibility index (Phi) is 2.66. The van der Waals surface area contributed by atoms with Crippen molar-refractivity contribution < 1.29 is 4.74 Å². The van der Waals surface area contributed by atoms with E-state index in [1.807, 2.05) is 30.3 Å². The maximum atomic E-state index is 10.4. The second-order valence-electron chi connectivity index (χ2n) is 2.44. The normalized spacial score (nSPS) is 9.45. The van der Waals surface area contributed by atoms with Crippen LogP contribution in [0.15, 0.2) is 30.3 Å². The minimum atomic E-state index is 0.462. The largest absolute Gasteiger partial charge is 0.624 e. The molecule has 1 aromatic carbocycles. The molecular weight excluding hydrogens is 138 g/mol. The predicted molar refractivity (Wildman–Crippen MR) is 45.8 cm³/mol. The molecule has 0 unspecified atom stereocenters. The molecule has 0 atom stereocenters. The highest BCUT2D eigenvalue weighted by atomic mass is 16.5. The molecule has 1 rings (SSSR count). The monoisotopic (exact) mass is 149 g/mol. The minimum Gasteiger partial charge on any atom is -0.624 e. The molecule has 0 amide bonds. The van der Waals surface area contributed by atoms with Gasteiger partial charge in [-0.25, -0.2) is 4.74 Å². The van der Waals surface area contributed by atoms with Crippen molar-refractivity contribution in [1.82, 2.24) is 0 Å². The highest BCUT2D eigenvalue weighted by Crippen LogP contribution is 1.98. The first-order chi connectivity index (χ1) is 5.29. The van der Waals surface area contributed by atoms with E-state index in [-0.39, 0.29) is 0 Å². The summed E-state index contributed by atoms with van der Waals surface area (Å²) in [6.07, 6.45) is 0.772. The molecule has 11 heavy (non-hydrogen) atoms. The SMILES string of the molecule is C=[N+]([O-])CCc1ccccc1. The maximum absolute atomic E-state index is 10.4. The third kappa shape index (κ3) is 2.85. The van der Waals surface area contributed by atoms with Crippen LogP contribution in [-0.4, -0.2) is 18.0 Å². The van der Waals surface area contributed by atoms with Gasteiger partial charge in [-0.15, -0.1) is 0 Å². The van der Waals surface area contributed by atoms with E-state index >= 15 is 0 Å². The lowest BCUT2D eigenvalue weighted by atomic mass is 10.2. The quantitative estimate of drug-likeness (QED) is 0.276.